The molecule has 1 amide bonds. The zero-order chi connectivity index (χ0) is 20.4. The number of fused-ring (bicyclic) bond motifs is 1. The number of anilines is 1. The summed E-state index contributed by atoms with van der Waals surface area (Å²) in [4.78, 5) is 26.2. The van der Waals surface area contributed by atoms with Gasteiger partial charge < -0.3 is 19.7 Å². The number of nitrogens with one attached hydrogen (secondary N) is 1. The van der Waals surface area contributed by atoms with Crippen molar-refractivity contribution in [1.29, 1.82) is 0 Å². The van der Waals surface area contributed by atoms with Gasteiger partial charge in [-0.1, -0.05) is 19.1 Å². The van der Waals surface area contributed by atoms with Crippen LogP contribution in [0.25, 0.3) is 0 Å². The summed E-state index contributed by atoms with van der Waals surface area (Å²) in [5.74, 6) is 0.452. The SMILES string of the molecule is CC[C@@H](C)N1C(=O)c2ccccc2N[C@H]1c1cc(OC)c(OC)cc1[N+](=O)[O-]. The molecule has 0 bridgehead atoms. The molecule has 1 aliphatic rings. The van der Waals surface area contributed by atoms with Crippen molar-refractivity contribution in [2.75, 3.05) is 19.5 Å². The van der Waals surface area contributed by atoms with Gasteiger partial charge in [0.25, 0.3) is 11.6 Å². The van der Waals surface area contributed by atoms with Crippen molar-refractivity contribution >= 4 is 17.3 Å². The van der Waals surface area contributed by atoms with Gasteiger partial charge in [-0.2, -0.15) is 0 Å². The molecule has 0 saturated heterocycles. The van der Waals surface area contributed by atoms with Gasteiger partial charge in [0.15, 0.2) is 11.5 Å². The van der Waals surface area contributed by atoms with Gasteiger partial charge in [0.05, 0.1) is 36.3 Å². The average Bonchev–Trinajstić information content (AvgIpc) is 2.71. The number of hydrogen-bond acceptors (Lipinski definition) is 6. The van der Waals surface area contributed by atoms with Crippen molar-refractivity contribution in [2.24, 2.45) is 0 Å². The van der Waals surface area contributed by atoms with Gasteiger partial charge in [0, 0.05) is 11.7 Å². The summed E-state index contributed by atoms with van der Waals surface area (Å²) in [6.07, 6.45) is -0.00903. The van der Waals surface area contributed by atoms with Gasteiger partial charge in [0.2, 0.25) is 0 Å². The first kappa shape index (κ1) is 19.5. The molecule has 0 fully saturated rings. The Bertz CT molecular complexity index is 915. The van der Waals surface area contributed by atoms with E-state index in [0.717, 1.165) is 0 Å². The van der Waals surface area contributed by atoms with Crippen LogP contribution in [-0.2, 0) is 0 Å². The van der Waals surface area contributed by atoms with Gasteiger partial charge in [-0.15, -0.1) is 0 Å². The van der Waals surface area contributed by atoms with E-state index < -0.39 is 11.1 Å². The van der Waals surface area contributed by atoms with Crippen LogP contribution in [0.4, 0.5) is 11.4 Å². The first-order valence-electron chi connectivity index (χ1n) is 9.01. The molecule has 2 atom stereocenters. The van der Waals surface area contributed by atoms with Crippen LogP contribution in [0.2, 0.25) is 0 Å². The standard InChI is InChI=1S/C20H23N3O5/c1-5-12(2)22-19(21-15-9-7-6-8-13(15)20(22)24)14-10-17(27-3)18(28-4)11-16(14)23(25)26/h6-12,19,21H,5H2,1-4H3/t12-,19-/m1/s1. The summed E-state index contributed by atoms with van der Waals surface area (Å²) >= 11 is 0. The normalized spacial score (nSPS) is 16.8. The van der Waals surface area contributed by atoms with E-state index in [9.17, 15) is 14.9 Å². The van der Waals surface area contributed by atoms with Crippen molar-refractivity contribution in [3.05, 3.63) is 57.6 Å². The molecule has 0 unspecified atom stereocenters. The Hall–Kier alpha value is -3.29. The molecule has 3 rings (SSSR count). The van der Waals surface area contributed by atoms with E-state index in [2.05, 4.69) is 5.32 Å². The highest BCUT2D eigenvalue weighted by molar-refractivity contribution is 6.02. The fourth-order valence-corrected chi connectivity index (χ4v) is 3.41. The summed E-state index contributed by atoms with van der Waals surface area (Å²) in [6, 6.07) is 9.91. The Morgan fingerprint density at radius 3 is 2.46 bits per heavy atom. The van der Waals surface area contributed by atoms with E-state index >= 15 is 0 Å². The summed E-state index contributed by atoms with van der Waals surface area (Å²) in [6.45, 7) is 3.89. The molecule has 1 N–H and O–H groups in total. The molecule has 0 aliphatic carbocycles. The number of benzene rings is 2. The molecule has 1 heterocycles. The molecule has 0 saturated carbocycles. The van der Waals surface area contributed by atoms with Crippen LogP contribution in [0.15, 0.2) is 36.4 Å². The maximum absolute atomic E-state index is 13.2. The molecule has 8 heteroatoms. The van der Waals surface area contributed by atoms with Gasteiger partial charge in [-0.05, 0) is 31.5 Å². The van der Waals surface area contributed by atoms with E-state index in [1.54, 1.807) is 29.2 Å². The summed E-state index contributed by atoms with van der Waals surface area (Å²) in [7, 11) is 2.89. The lowest BCUT2D eigenvalue weighted by molar-refractivity contribution is -0.386. The number of carbonyl (C=O) groups excluding carboxylic acids is 1. The topological polar surface area (TPSA) is 93.9 Å². The van der Waals surface area contributed by atoms with Gasteiger partial charge >= 0.3 is 0 Å². The smallest absolute Gasteiger partial charge is 0.280 e. The number of nitro groups is 1. The highest BCUT2D eigenvalue weighted by Gasteiger charge is 2.39. The predicted molar refractivity (Wildman–Crippen MR) is 105 cm³/mol. The highest BCUT2D eigenvalue weighted by Crippen LogP contribution is 2.42. The van der Waals surface area contributed by atoms with Crippen LogP contribution in [0, 0.1) is 10.1 Å². The lowest BCUT2D eigenvalue weighted by Gasteiger charge is -2.41. The molecule has 0 spiro atoms. The van der Waals surface area contributed by atoms with Crippen molar-refractivity contribution in [3.8, 4) is 11.5 Å². The minimum Gasteiger partial charge on any atom is -0.493 e. The molecular formula is C20H23N3O5. The average molecular weight is 385 g/mol. The Morgan fingerprint density at radius 2 is 1.86 bits per heavy atom. The van der Waals surface area contributed by atoms with E-state index in [0.29, 0.717) is 29.0 Å². The van der Waals surface area contributed by atoms with E-state index in [-0.39, 0.29) is 23.4 Å². The number of methoxy groups -OCH3 is 2. The van der Waals surface area contributed by atoms with Gasteiger partial charge in [-0.25, -0.2) is 0 Å². The highest BCUT2D eigenvalue weighted by atomic mass is 16.6. The van der Waals surface area contributed by atoms with Crippen molar-refractivity contribution in [3.63, 3.8) is 0 Å². The van der Waals surface area contributed by atoms with Crippen LogP contribution in [0.3, 0.4) is 0 Å². The second kappa shape index (κ2) is 7.75. The van der Waals surface area contributed by atoms with E-state index in [1.807, 2.05) is 19.9 Å². The molecule has 0 aromatic heterocycles. The Balaban J connectivity index is 2.22. The second-order valence-electron chi connectivity index (χ2n) is 6.59. The maximum Gasteiger partial charge on any atom is 0.280 e. The Morgan fingerprint density at radius 1 is 1.21 bits per heavy atom. The molecule has 2 aromatic rings. The number of carbonyl (C=O) groups is 1. The largest absolute Gasteiger partial charge is 0.493 e. The third-order valence-corrected chi connectivity index (χ3v) is 5.05. The quantitative estimate of drug-likeness (QED) is 0.597. The van der Waals surface area contributed by atoms with Crippen LogP contribution < -0.4 is 14.8 Å². The zero-order valence-corrected chi connectivity index (χ0v) is 16.3. The maximum atomic E-state index is 13.2. The summed E-state index contributed by atoms with van der Waals surface area (Å²) in [5.41, 5.74) is 1.38. The number of rotatable bonds is 6. The lowest BCUT2D eigenvalue weighted by Crippen LogP contribution is -2.47. The minimum atomic E-state index is -0.711. The number of amides is 1. The number of hydrogen-bond donors (Lipinski definition) is 1. The molecule has 148 valence electrons. The first-order valence-corrected chi connectivity index (χ1v) is 9.01. The van der Waals surface area contributed by atoms with Crippen molar-refractivity contribution in [1.82, 2.24) is 4.90 Å². The predicted octanol–water partition coefficient (Wildman–Crippen LogP) is 3.98. The monoisotopic (exact) mass is 385 g/mol. The van der Waals surface area contributed by atoms with Crippen LogP contribution >= 0.6 is 0 Å². The third kappa shape index (κ3) is 3.21. The van der Waals surface area contributed by atoms with Crippen LogP contribution in [-0.4, -0.2) is 36.0 Å². The fourth-order valence-electron chi connectivity index (χ4n) is 3.41. The van der Waals surface area contributed by atoms with Crippen LogP contribution in [0.5, 0.6) is 11.5 Å². The molecule has 8 nitrogen and oxygen atoms in total. The van der Waals surface area contributed by atoms with E-state index in [1.165, 1.54) is 20.3 Å². The number of ether oxygens (including phenoxy) is 2. The zero-order valence-electron chi connectivity index (χ0n) is 16.3. The van der Waals surface area contributed by atoms with Gasteiger partial charge in [0.1, 0.15) is 6.17 Å². The van der Waals surface area contributed by atoms with Crippen molar-refractivity contribution < 1.29 is 19.2 Å². The Kier molecular flexibility index (Phi) is 5.39. The molecular weight excluding hydrogens is 362 g/mol. The number of nitrogens with zero attached hydrogens (tertiary/aromatic N) is 2. The fraction of sp³-hybridized carbons (Fsp3) is 0.350. The number of para-hydroxylation sites is 1. The number of nitro benzene ring substituents is 1. The molecule has 28 heavy (non-hydrogen) atoms. The summed E-state index contributed by atoms with van der Waals surface area (Å²) < 4.78 is 10.6. The Labute approximate surface area is 163 Å². The van der Waals surface area contributed by atoms with Crippen LogP contribution in [0.1, 0.15) is 42.4 Å². The molecule has 0 radical (unpaired) electrons. The molecule has 1 aliphatic heterocycles. The summed E-state index contributed by atoms with van der Waals surface area (Å²) in [5, 5.41) is 15.1. The third-order valence-electron chi connectivity index (χ3n) is 5.05. The second-order valence-corrected chi connectivity index (χ2v) is 6.59. The minimum absolute atomic E-state index is 0.133. The van der Waals surface area contributed by atoms with E-state index in [4.69, 9.17) is 9.47 Å². The van der Waals surface area contributed by atoms with Crippen molar-refractivity contribution in [2.45, 2.75) is 32.5 Å². The lowest BCUT2D eigenvalue weighted by atomic mass is 9.99. The van der Waals surface area contributed by atoms with Gasteiger partial charge in [-0.3, -0.25) is 14.9 Å². The molecule has 2 aromatic carbocycles. The first-order chi connectivity index (χ1) is 13.4.